The molecule has 0 aromatic rings. The highest BCUT2D eigenvalue weighted by Crippen LogP contribution is 2.53. The van der Waals surface area contributed by atoms with Crippen molar-refractivity contribution in [1.29, 1.82) is 0 Å². The number of carbonyl (C=O) groups is 1. The molecule has 0 heterocycles. The van der Waals surface area contributed by atoms with E-state index < -0.39 is 0 Å². The van der Waals surface area contributed by atoms with Gasteiger partial charge in [-0.2, -0.15) is 0 Å². The minimum Gasteiger partial charge on any atom is -0.469 e. The summed E-state index contributed by atoms with van der Waals surface area (Å²) < 4.78 is 4.75. The van der Waals surface area contributed by atoms with E-state index in [4.69, 9.17) is 4.74 Å². The van der Waals surface area contributed by atoms with E-state index in [0.717, 1.165) is 19.3 Å². The first kappa shape index (κ1) is 9.71. The van der Waals surface area contributed by atoms with Gasteiger partial charge in [0.15, 0.2) is 0 Å². The van der Waals surface area contributed by atoms with Crippen LogP contribution in [-0.2, 0) is 9.53 Å². The maximum absolute atomic E-state index is 11.3. The maximum Gasteiger partial charge on any atom is 0.309 e. The second-order valence-electron chi connectivity index (χ2n) is 4.19. The lowest BCUT2D eigenvalue weighted by molar-refractivity contribution is -0.142. The smallest absolute Gasteiger partial charge is 0.309 e. The van der Waals surface area contributed by atoms with Crippen molar-refractivity contribution < 1.29 is 14.6 Å². The molecule has 0 bridgehead atoms. The van der Waals surface area contributed by atoms with Crippen molar-refractivity contribution in [2.45, 2.75) is 25.4 Å². The van der Waals surface area contributed by atoms with Gasteiger partial charge >= 0.3 is 5.97 Å². The van der Waals surface area contributed by atoms with E-state index in [1.807, 2.05) is 12.2 Å². The van der Waals surface area contributed by atoms with Gasteiger partial charge < -0.3 is 9.84 Å². The van der Waals surface area contributed by atoms with E-state index in [2.05, 4.69) is 0 Å². The summed E-state index contributed by atoms with van der Waals surface area (Å²) in [7, 11) is 1.44. The van der Waals surface area contributed by atoms with Crippen LogP contribution in [-0.4, -0.2) is 24.3 Å². The van der Waals surface area contributed by atoms with Crippen molar-refractivity contribution in [2.75, 3.05) is 7.11 Å². The second-order valence-corrected chi connectivity index (χ2v) is 4.19. The Balaban J connectivity index is 1.98. The fourth-order valence-electron chi connectivity index (χ4n) is 2.50. The first-order chi connectivity index (χ1) is 6.74. The van der Waals surface area contributed by atoms with E-state index in [1.165, 1.54) is 7.11 Å². The summed E-state index contributed by atoms with van der Waals surface area (Å²) >= 11 is 0. The minimum absolute atomic E-state index is 0.0789. The standard InChI is InChI=1S/C11H16O3/c1-14-11(13)10-8-4-2-3-7(12)5-6-9(8)10/h2-3,7-10,12H,4-6H2,1H3/b3-2-/t7-,8+,9-,10+/m0/s1. The van der Waals surface area contributed by atoms with Crippen LogP contribution in [0.4, 0.5) is 0 Å². The van der Waals surface area contributed by atoms with Crippen molar-refractivity contribution in [3.05, 3.63) is 12.2 Å². The molecule has 4 atom stereocenters. The molecular weight excluding hydrogens is 180 g/mol. The number of ether oxygens (including phenoxy) is 1. The van der Waals surface area contributed by atoms with Crippen molar-refractivity contribution in [3.63, 3.8) is 0 Å². The van der Waals surface area contributed by atoms with Gasteiger partial charge in [0.1, 0.15) is 0 Å². The summed E-state index contributed by atoms with van der Waals surface area (Å²) in [5.41, 5.74) is 0. The summed E-state index contributed by atoms with van der Waals surface area (Å²) in [4.78, 5) is 11.3. The molecule has 0 aromatic heterocycles. The number of hydrogen-bond donors (Lipinski definition) is 1. The number of allylic oxidation sites excluding steroid dienone is 1. The Kier molecular flexibility index (Phi) is 2.59. The predicted octanol–water partition coefficient (Wildman–Crippen LogP) is 1.12. The van der Waals surface area contributed by atoms with E-state index >= 15 is 0 Å². The molecule has 1 N–H and O–H groups in total. The van der Waals surface area contributed by atoms with Crippen LogP contribution in [0.3, 0.4) is 0 Å². The van der Waals surface area contributed by atoms with Gasteiger partial charge in [-0.3, -0.25) is 4.79 Å². The highest BCUT2D eigenvalue weighted by Gasteiger charge is 2.54. The van der Waals surface area contributed by atoms with E-state index in [0.29, 0.717) is 11.8 Å². The van der Waals surface area contributed by atoms with Crippen LogP contribution in [0, 0.1) is 17.8 Å². The minimum atomic E-state index is -0.324. The Labute approximate surface area is 83.8 Å². The number of fused-ring (bicyclic) bond motifs is 1. The lowest BCUT2D eigenvalue weighted by Gasteiger charge is -2.07. The number of aliphatic hydroxyl groups excluding tert-OH is 1. The highest BCUT2D eigenvalue weighted by molar-refractivity contribution is 5.76. The first-order valence-corrected chi connectivity index (χ1v) is 5.16. The molecule has 0 aliphatic heterocycles. The highest BCUT2D eigenvalue weighted by atomic mass is 16.5. The number of hydrogen-bond acceptors (Lipinski definition) is 3. The molecule has 0 spiro atoms. The fourth-order valence-corrected chi connectivity index (χ4v) is 2.50. The maximum atomic E-state index is 11.3. The van der Waals surface area contributed by atoms with Crippen molar-refractivity contribution >= 4 is 5.97 Å². The molecule has 3 nitrogen and oxygen atoms in total. The van der Waals surface area contributed by atoms with Gasteiger partial charge in [-0.05, 0) is 31.1 Å². The number of methoxy groups -OCH3 is 1. The number of aliphatic hydroxyl groups is 1. The van der Waals surface area contributed by atoms with Crippen LogP contribution >= 0.6 is 0 Å². The van der Waals surface area contributed by atoms with Crippen LogP contribution in [0.15, 0.2) is 12.2 Å². The zero-order chi connectivity index (χ0) is 10.1. The molecule has 0 aromatic carbocycles. The molecule has 0 amide bonds. The third kappa shape index (κ3) is 1.69. The molecular formula is C11H16O3. The van der Waals surface area contributed by atoms with Crippen molar-refractivity contribution in [1.82, 2.24) is 0 Å². The number of esters is 1. The third-order valence-corrected chi connectivity index (χ3v) is 3.37. The van der Waals surface area contributed by atoms with Gasteiger partial charge in [-0.15, -0.1) is 0 Å². The zero-order valence-electron chi connectivity index (χ0n) is 8.35. The van der Waals surface area contributed by atoms with E-state index in [9.17, 15) is 9.90 Å². The Hall–Kier alpha value is -0.830. The number of carbonyl (C=O) groups excluding carboxylic acids is 1. The van der Waals surface area contributed by atoms with Crippen LogP contribution in [0.5, 0.6) is 0 Å². The van der Waals surface area contributed by atoms with Gasteiger partial charge in [0.25, 0.3) is 0 Å². The summed E-state index contributed by atoms with van der Waals surface area (Å²) in [6.07, 6.45) is 6.12. The average molecular weight is 196 g/mol. The third-order valence-electron chi connectivity index (χ3n) is 3.37. The predicted molar refractivity (Wildman–Crippen MR) is 51.5 cm³/mol. The summed E-state index contributed by atoms with van der Waals surface area (Å²) in [6.45, 7) is 0. The Morgan fingerprint density at radius 2 is 2.21 bits per heavy atom. The molecule has 0 radical (unpaired) electrons. The molecule has 2 aliphatic carbocycles. The SMILES string of the molecule is COC(=O)[C@@H]1[C@@H]2C/C=C\[C@H](O)CC[C@@H]21. The Morgan fingerprint density at radius 1 is 1.43 bits per heavy atom. The number of rotatable bonds is 1. The molecule has 78 valence electrons. The summed E-state index contributed by atoms with van der Waals surface area (Å²) in [5.74, 6) is 0.924. The van der Waals surface area contributed by atoms with E-state index in [-0.39, 0.29) is 18.0 Å². The lowest BCUT2D eigenvalue weighted by atomic mass is 10.0. The molecule has 14 heavy (non-hydrogen) atoms. The molecule has 2 rings (SSSR count). The van der Waals surface area contributed by atoms with Crippen LogP contribution < -0.4 is 0 Å². The average Bonchev–Trinajstić information content (AvgIpc) is 2.83. The van der Waals surface area contributed by atoms with Crippen LogP contribution in [0.1, 0.15) is 19.3 Å². The second kappa shape index (κ2) is 3.73. The van der Waals surface area contributed by atoms with Gasteiger partial charge in [0.05, 0.1) is 19.1 Å². The summed E-state index contributed by atoms with van der Waals surface area (Å²) in [5, 5.41) is 9.43. The van der Waals surface area contributed by atoms with Gasteiger partial charge in [0, 0.05) is 0 Å². The van der Waals surface area contributed by atoms with Gasteiger partial charge in [-0.1, -0.05) is 12.2 Å². The van der Waals surface area contributed by atoms with Crippen LogP contribution in [0.25, 0.3) is 0 Å². The lowest BCUT2D eigenvalue weighted by Crippen LogP contribution is -2.06. The summed E-state index contributed by atoms with van der Waals surface area (Å²) in [6, 6.07) is 0. The quantitative estimate of drug-likeness (QED) is 0.505. The van der Waals surface area contributed by atoms with Crippen molar-refractivity contribution in [3.8, 4) is 0 Å². The first-order valence-electron chi connectivity index (χ1n) is 5.16. The Morgan fingerprint density at radius 3 is 2.93 bits per heavy atom. The molecule has 3 heteroatoms. The normalized spacial score (nSPS) is 43.0. The van der Waals surface area contributed by atoms with Gasteiger partial charge in [0.2, 0.25) is 0 Å². The van der Waals surface area contributed by atoms with Crippen LogP contribution in [0.2, 0.25) is 0 Å². The molecule has 1 fully saturated rings. The molecule has 0 saturated heterocycles. The Bertz CT molecular complexity index is 259. The van der Waals surface area contributed by atoms with Crippen molar-refractivity contribution in [2.24, 2.45) is 17.8 Å². The molecule has 2 aliphatic rings. The monoisotopic (exact) mass is 196 g/mol. The van der Waals surface area contributed by atoms with Gasteiger partial charge in [-0.25, -0.2) is 0 Å². The topological polar surface area (TPSA) is 46.5 Å². The molecule has 1 saturated carbocycles. The zero-order valence-corrected chi connectivity index (χ0v) is 8.35. The van der Waals surface area contributed by atoms with E-state index in [1.54, 1.807) is 0 Å². The fraction of sp³-hybridized carbons (Fsp3) is 0.727. The molecule has 0 unspecified atom stereocenters. The largest absolute Gasteiger partial charge is 0.469 e.